The summed E-state index contributed by atoms with van der Waals surface area (Å²) < 4.78 is 22.4. The monoisotopic (exact) mass is 577 g/mol. The van der Waals surface area contributed by atoms with Crippen molar-refractivity contribution in [3.63, 3.8) is 0 Å². The lowest BCUT2D eigenvalue weighted by molar-refractivity contribution is -0.417. The number of hydrogen-bond donors (Lipinski definition) is 0. The van der Waals surface area contributed by atoms with Gasteiger partial charge in [0.05, 0.1) is 38.9 Å². The normalized spacial score (nSPS) is 17.4. The van der Waals surface area contributed by atoms with E-state index < -0.39 is 27.6 Å². The number of allylic oxidation sites excluding steroid dienone is 4. The zero-order valence-corrected chi connectivity index (χ0v) is 24.8. The van der Waals surface area contributed by atoms with Crippen molar-refractivity contribution in [1.29, 1.82) is 0 Å². The first kappa shape index (κ1) is 30.5. The van der Waals surface area contributed by atoms with Crippen molar-refractivity contribution in [2.75, 3.05) is 28.4 Å². The summed E-state index contributed by atoms with van der Waals surface area (Å²) in [6, 6.07) is 6.66. The van der Waals surface area contributed by atoms with Crippen LogP contribution in [-0.4, -0.2) is 50.7 Å². The van der Waals surface area contributed by atoms with Crippen molar-refractivity contribution in [1.82, 2.24) is 0 Å². The highest BCUT2D eigenvalue weighted by Crippen LogP contribution is 2.61. The van der Waals surface area contributed by atoms with Crippen LogP contribution in [0.5, 0.6) is 23.0 Å². The molecule has 2 aromatic carbocycles. The number of fused-ring (bicyclic) bond motifs is 3. The molecule has 0 fully saturated rings. The number of hydrogen-bond acceptors (Lipinski definition) is 9. The highest BCUT2D eigenvalue weighted by molar-refractivity contribution is 6.50. The number of Topliss-reactive ketones (excluding diaryl/α,β-unsaturated/α-hetero) is 2. The van der Waals surface area contributed by atoms with Gasteiger partial charge in [-0.25, -0.2) is 0 Å². The van der Waals surface area contributed by atoms with Crippen LogP contribution in [0.4, 0.5) is 0 Å². The third-order valence-electron chi connectivity index (χ3n) is 8.06. The molecule has 2 aromatic rings. The molecule has 0 aromatic heterocycles. The molecular weight excluding hydrogens is 542 g/mol. The number of rotatable bonds is 13. The third kappa shape index (κ3) is 4.74. The first-order valence-corrected chi connectivity index (χ1v) is 13.9. The van der Waals surface area contributed by atoms with Crippen LogP contribution in [0.25, 0.3) is 5.57 Å². The molecule has 0 saturated heterocycles. The fraction of sp³-hybridized carbons (Fsp3) is 0.406. The van der Waals surface area contributed by atoms with Crippen molar-refractivity contribution in [2.45, 2.75) is 57.8 Å². The molecule has 0 amide bonds. The van der Waals surface area contributed by atoms with E-state index in [-0.39, 0.29) is 23.4 Å². The molecule has 2 aliphatic carbocycles. The molecule has 10 nitrogen and oxygen atoms in total. The van der Waals surface area contributed by atoms with E-state index in [0.717, 1.165) is 12.8 Å². The maximum Gasteiger partial charge on any atom is 0.328 e. The van der Waals surface area contributed by atoms with Gasteiger partial charge in [-0.15, -0.1) is 0 Å². The maximum absolute atomic E-state index is 13.8. The van der Waals surface area contributed by atoms with Crippen LogP contribution < -0.4 is 18.9 Å². The second kappa shape index (κ2) is 12.2. The van der Waals surface area contributed by atoms with Gasteiger partial charge in [-0.05, 0) is 65.4 Å². The molecule has 0 heterocycles. The van der Waals surface area contributed by atoms with Crippen LogP contribution >= 0.6 is 0 Å². The van der Waals surface area contributed by atoms with Crippen LogP contribution in [0.1, 0.15) is 79.4 Å². The molecule has 0 aliphatic heterocycles. The number of ketones is 3. The van der Waals surface area contributed by atoms with Crippen LogP contribution in [0, 0.1) is 10.1 Å². The van der Waals surface area contributed by atoms with Crippen LogP contribution in [0.3, 0.4) is 0 Å². The number of benzene rings is 2. The Morgan fingerprint density at radius 1 is 0.833 bits per heavy atom. The quantitative estimate of drug-likeness (QED) is 0.0974. The summed E-state index contributed by atoms with van der Waals surface area (Å²) in [6.45, 7) is 3.99. The largest absolute Gasteiger partial charge is 0.493 e. The van der Waals surface area contributed by atoms with Gasteiger partial charge in [0.1, 0.15) is 0 Å². The summed E-state index contributed by atoms with van der Waals surface area (Å²) in [5.74, 6) is -0.975. The molecule has 0 saturated carbocycles. The van der Waals surface area contributed by atoms with Crippen molar-refractivity contribution < 1.29 is 38.3 Å². The van der Waals surface area contributed by atoms with Gasteiger partial charge in [0.15, 0.2) is 28.8 Å². The smallest absolute Gasteiger partial charge is 0.328 e. The van der Waals surface area contributed by atoms with Gasteiger partial charge in [0.25, 0.3) is 0 Å². The molecule has 4 rings (SSSR count). The number of methoxy groups -OCH3 is 4. The zero-order chi connectivity index (χ0) is 30.8. The van der Waals surface area contributed by atoms with Crippen molar-refractivity contribution in [3.05, 3.63) is 74.0 Å². The summed E-state index contributed by atoms with van der Waals surface area (Å²) in [5, 5.41) is 12.4. The summed E-state index contributed by atoms with van der Waals surface area (Å²) in [5.41, 5.74) is 0.0738. The average molecular weight is 578 g/mol. The van der Waals surface area contributed by atoms with Crippen molar-refractivity contribution in [2.24, 2.45) is 0 Å². The van der Waals surface area contributed by atoms with Gasteiger partial charge in [0, 0.05) is 17.4 Å². The average Bonchev–Trinajstić information content (AvgIpc) is 3.25. The molecule has 0 radical (unpaired) electrons. The third-order valence-corrected chi connectivity index (χ3v) is 8.06. The summed E-state index contributed by atoms with van der Waals surface area (Å²) in [7, 11) is 5.88. The number of carbonyl (C=O) groups is 3. The lowest BCUT2D eigenvalue weighted by Gasteiger charge is -2.36. The molecule has 10 heteroatoms. The summed E-state index contributed by atoms with van der Waals surface area (Å²) in [6.07, 6.45) is 4.66. The number of carbonyl (C=O) groups excluding carboxylic acids is 3. The summed E-state index contributed by atoms with van der Waals surface area (Å²) in [4.78, 5) is 51.5. The van der Waals surface area contributed by atoms with E-state index in [1.54, 1.807) is 24.3 Å². The minimum atomic E-state index is -1.24. The van der Waals surface area contributed by atoms with Gasteiger partial charge >= 0.3 is 11.5 Å². The van der Waals surface area contributed by atoms with E-state index >= 15 is 0 Å². The number of ether oxygens (including phenoxy) is 4. The number of nitrogens with zero attached hydrogens (tertiary/aromatic N) is 1. The van der Waals surface area contributed by atoms with E-state index in [1.165, 1.54) is 34.5 Å². The molecule has 0 N–H and O–H groups in total. The standard InChI is InChI=1S/C32H35NO9/c1-7-9-11-23(34)18-13-25(39-3)27(41-5)16-20(18)32(12-10-8-2)21-17-28(42-6)26(40-4)14-19(21)29-22(32)15-24(35)31(36)30(29)33(37)38/h13-17H,7-12H2,1-6H3. The van der Waals surface area contributed by atoms with Gasteiger partial charge in [-0.3, -0.25) is 24.5 Å². The minimum absolute atomic E-state index is 0.0402. The predicted octanol–water partition coefficient (Wildman–Crippen LogP) is 5.65. The zero-order valence-electron chi connectivity index (χ0n) is 24.8. The number of unbranched alkanes of at least 4 members (excludes halogenated alkanes) is 2. The minimum Gasteiger partial charge on any atom is -0.493 e. The molecular formula is C32H35NO9. The van der Waals surface area contributed by atoms with Crippen molar-refractivity contribution >= 4 is 22.9 Å². The van der Waals surface area contributed by atoms with Crippen LogP contribution in [-0.2, 0) is 15.0 Å². The fourth-order valence-corrected chi connectivity index (χ4v) is 6.06. The molecule has 0 spiro atoms. The second-order valence-electron chi connectivity index (χ2n) is 10.3. The Hall–Kier alpha value is -4.47. The highest BCUT2D eigenvalue weighted by atomic mass is 16.6. The maximum atomic E-state index is 13.8. The Morgan fingerprint density at radius 3 is 1.93 bits per heavy atom. The first-order valence-electron chi connectivity index (χ1n) is 13.9. The molecule has 1 atom stereocenters. The summed E-state index contributed by atoms with van der Waals surface area (Å²) >= 11 is 0. The van der Waals surface area contributed by atoms with Crippen molar-refractivity contribution in [3.8, 4) is 23.0 Å². The van der Waals surface area contributed by atoms with Gasteiger partial charge in [0.2, 0.25) is 5.78 Å². The van der Waals surface area contributed by atoms with E-state index in [1.807, 2.05) is 13.8 Å². The number of nitro groups is 1. The SMILES string of the molecule is CCCCC(=O)c1cc(OC)c(OC)cc1C1(CCCC)C2=CC(=O)C(=O)C([N+](=O)[O-])=C2c2cc(OC)c(OC)cc21. The Bertz CT molecular complexity index is 1530. The predicted molar refractivity (Wildman–Crippen MR) is 155 cm³/mol. The molecule has 0 bridgehead atoms. The van der Waals surface area contributed by atoms with Crippen LogP contribution in [0.15, 0.2) is 41.6 Å². The van der Waals surface area contributed by atoms with E-state index in [0.29, 0.717) is 64.5 Å². The van der Waals surface area contributed by atoms with E-state index in [4.69, 9.17) is 18.9 Å². The Kier molecular flexibility index (Phi) is 8.84. The lowest BCUT2D eigenvalue weighted by Crippen LogP contribution is -2.33. The molecule has 42 heavy (non-hydrogen) atoms. The Morgan fingerprint density at radius 2 is 1.38 bits per heavy atom. The van der Waals surface area contributed by atoms with E-state index in [9.17, 15) is 24.5 Å². The van der Waals surface area contributed by atoms with Crippen LogP contribution in [0.2, 0.25) is 0 Å². The van der Waals surface area contributed by atoms with Gasteiger partial charge < -0.3 is 18.9 Å². The van der Waals surface area contributed by atoms with Gasteiger partial charge in [-0.1, -0.05) is 33.1 Å². The van der Waals surface area contributed by atoms with Gasteiger partial charge in [-0.2, -0.15) is 0 Å². The topological polar surface area (TPSA) is 131 Å². The molecule has 2 aliphatic rings. The van der Waals surface area contributed by atoms with E-state index in [2.05, 4.69) is 0 Å². The fourth-order valence-electron chi connectivity index (χ4n) is 6.06. The first-order chi connectivity index (χ1) is 20.1. The highest BCUT2D eigenvalue weighted by Gasteiger charge is 2.55. The lowest BCUT2D eigenvalue weighted by atomic mass is 9.66. The Labute approximate surface area is 244 Å². The molecule has 1 unspecified atom stereocenters. The Balaban J connectivity index is 2.26. The second-order valence-corrected chi connectivity index (χ2v) is 10.3. The molecule has 222 valence electrons.